The van der Waals surface area contributed by atoms with Gasteiger partial charge in [-0.2, -0.15) is 0 Å². The third-order valence-electron chi connectivity index (χ3n) is 2.53. The van der Waals surface area contributed by atoms with E-state index in [4.69, 9.17) is 0 Å². The minimum atomic E-state index is -0.862. The zero-order chi connectivity index (χ0) is 14.5. The lowest BCUT2D eigenvalue weighted by Crippen LogP contribution is -2.32. The van der Waals surface area contributed by atoms with Gasteiger partial charge in [0.05, 0.1) is 6.54 Å². The Kier molecular flexibility index (Phi) is 4.65. The summed E-state index contributed by atoms with van der Waals surface area (Å²) in [5.41, 5.74) is -0.518. The molecule has 0 fully saturated rings. The number of hydrogen-bond donors (Lipinski definition) is 3. The predicted octanol–water partition coefficient (Wildman–Crippen LogP) is 2.88. The number of amides is 2. The number of anilines is 1. The SMILES string of the molecule is O=C(NCC(O)c1cccs1)Nc1c(F)cccc1F. The van der Waals surface area contributed by atoms with Crippen LogP contribution in [0.15, 0.2) is 35.7 Å². The second kappa shape index (κ2) is 6.44. The van der Waals surface area contributed by atoms with E-state index in [0.717, 1.165) is 12.1 Å². The number of carbonyl (C=O) groups excluding carboxylic acids is 1. The standard InChI is InChI=1S/C13H12F2N2O2S/c14-8-3-1-4-9(15)12(8)17-13(19)16-7-10(18)11-5-2-6-20-11/h1-6,10,18H,7H2,(H2,16,17,19). The molecule has 2 aromatic rings. The molecule has 1 heterocycles. The number of aliphatic hydroxyl groups excluding tert-OH is 1. The van der Waals surface area contributed by atoms with Gasteiger partial charge >= 0.3 is 6.03 Å². The van der Waals surface area contributed by atoms with Gasteiger partial charge in [-0.15, -0.1) is 11.3 Å². The van der Waals surface area contributed by atoms with E-state index >= 15 is 0 Å². The molecular formula is C13H12F2N2O2S. The second-order valence-corrected chi connectivity index (χ2v) is 4.94. The van der Waals surface area contributed by atoms with Crippen LogP contribution >= 0.6 is 11.3 Å². The van der Waals surface area contributed by atoms with Crippen molar-refractivity contribution < 1.29 is 18.7 Å². The third-order valence-corrected chi connectivity index (χ3v) is 3.50. The summed E-state index contributed by atoms with van der Waals surface area (Å²) < 4.78 is 26.6. The number of thiophene rings is 1. The molecule has 3 N–H and O–H groups in total. The molecule has 7 heteroatoms. The molecule has 20 heavy (non-hydrogen) atoms. The highest BCUT2D eigenvalue weighted by atomic mass is 32.1. The molecule has 0 saturated carbocycles. The van der Waals surface area contributed by atoms with Gasteiger partial charge in [-0.3, -0.25) is 0 Å². The third kappa shape index (κ3) is 3.52. The molecule has 0 radical (unpaired) electrons. The smallest absolute Gasteiger partial charge is 0.319 e. The van der Waals surface area contributed by atoms with Crippen LogP contribution in [0.1, 0.15) is 11.0 Å². The Morgan fingerprint density at radius 3 is 2.55 bits per heavy atom. The van der Waals surface area contributed by atoms with Crippen molar-refractivity contribution in [2.75, 3.05) is 11.9 Å². The predicted molar refractivity (Wildman–Crippen MR) is 72.7 cm³/mol. The molecule has 1 atom stereocenters. The molecule has 0 bridgehead atoms. The summed E-state index contributed by atoms with van der Waals surface area (Å²) in [6.07, 6.45) is -0.855. The maximum atomic E-state index is 13.3. The molecule has 1 aromatic heterocycles. The van der Waals surface area contributed by atoms with E-state index in [9.17, 15) is 18.7 Å². The van der Waals surface area contributed by atoms with E-state index in [1.807, 2.05) is 0 Å². The summed E-state index contributed by atoms with van der Waals surface area (Å²) in [4.78, 5) is 12.2. The van der Waals surface area contributed by atoms with Crippen molar-refractivity contribution in [3.05, 3.63) is 52.2 Å². The molecule has 4 nitrogen and oxygen atoms in total. The lowest BCUT2D eigenvalue weighted by molar-refractivity contribution is 0.178. The Bertz CT molecular complexity index is 570. The topological polar surface area (TPSA) is 61.4 Å². The first-order valence-corrected chi connectivity index (χ1v) is 6.66. The fraction of sp³-hybridized carbons (Fsp3) is 0.154. The van der Waals surface area contributed by atoms with Crippen molar-refractivity contribution in [3.8, 4) is 0 Å². The van der Waals surface area contributed by atoms with Crippen molar-refractivity contribution >= 4 is 23.1 Å². The van der Waals surface area contributed by atoms with Crippen LogP contribution in [-0.4, -0.2) is 17.7 Å². The minimum Gasteiger partial charge on any atom is -0.386 e. The number of carbonyl (C=O) groups is 1. The number of rotatable bonds is 4. The maximum absolute atomic E-state index is 13.3. The van der Waals surface area contributed by atoms with E-state index in [1.165, 1.54) is 17.4 Å². The zero-order valence-electron chi connectivity index (χ0n) is 10.3. The quantitative estimate of drug-likeness (QED) is 0.813. The molecule has 1 unspecified atom stereocenters. The number of halogens is 2. The number of benzene rings is 1. The first-order valence-electron chi connectivity index (χ1n) is 5.78. The summed E-state index contributed by atoms with van der Waals surface area (Å²) in [5.74, 6) is -1.72. The summed E-state index contributed by atoms with van der Waals surface area (Å²) in [6, 6.07) is 6.00. The van der Waals surface area contributed by atoms with Crippen molar-refractivity contribution in [1.82, 2.24) is 5.32 Å². The monoisotopic (exact) mass is 298 g/mol. The van der Waals surface area contributed by atoms with Crippen molar-refractivity contribution in [2.45, 2.75) is 6.10 Å². The van der Waals surface area contributed by atoms with Crippen LogP contribution in [0.2, 0.25) is 0 Å². The highest BCUT2D eigenvalue weighted by Gasteiger charge is 2.13. The first-order chi connectivity index (χ1) is 9.58. The van der Waals surface area contributed by atoms with Gasteiger partial charge < -0.3 is 15.7 Å². The van der Waals surface area contributed by atoms with Gasteiger partial charge in [0, 0.05) is 4.88 Å². The fourth-order valence-corrected chi connectivity index (χ4v) is 2.26. The van der Waals surface area contributed by atoms with Crippen LogP contribution in [0.5, 0.6) is 0 Å². The Labute approximate surface area is 118 Å². The normalized spacial score (nSPS) is 11.9. The van der Waals surface area contributed by atoms with Gasteiger partial charge in [0.25, 0.3) is 0 Å². The van der Waals surface area contributed by atoms with E-state index in [1.54, 1.807) is 17.5 Å². The molecule has 106 valence electrons. The van der Waals surface area contributed by atoms with Crippen LogP contribution in [0, 0.1) is 11.6 Å². The Hall–Kier alpha value is -1.99. The highest BCUT2D eigenvalue weighted by Crippen LogP contribution is 2.19. The van der Waals surface area contributed by atoms with Crippen LogP contribution in [0.3, 0.4) is 0 Å². The lowest BCUT2D eigenvalue weighted by atomic mass is 10.3. The average molecular weight is 298 g/mol. The van der Waals surface area contributed by atoms with Crippen molar-refractivity contribution in [2.24, 2.45) is 0 Å². The molecule has 1 aromatic carbocycles. The minimum absolute atomic E-state index is 0.0532. The van der Waals surface area contributed by atoms with Gasteiger partial charge in [0.15, 0.2) is 0 Å². The summed E-state index contributed by atoms with van der Waals surface area (Å²) >= 11 is 1.35. The highest BCUT2D eigenvalue weighted by molar-refractivity contribution is 7.10. The van der Waals surface area contributed by atoms with Gasteiger partial charge in [0.2, 0.25) is 0 Å². The number of hydrogen-bond acceptors (Lipinski definition) is 3. The molecule has 0 aliphatic carbocycles. The zero-order valence-corrected chi connectivity index (χ0v) is 11.1. The molecule has 2 rings (SSSR count). The lowest BCUT2D eigenvalue weighted by Gasteiger charge is -2.12. The molecule has 0 saturated heterocycles. The Balaban J connectivity index is 1.90. The Morgan fingerprint density at radius 1 is 1.25 bits per heavy atom. The van der Waals surface area contributed by atoms with E-state index in [-0.39, 0.29) is 6.54 Å². The number of urea groups is 1. The van der Waals surface area contributed by atoms with E-state index in [0.29, 0.717) is 4.88 Å². The Morgan fingerprint density at radius 2 is 1.95 bits per heavy atom. The van der Waals surface area contributed by atoms with Gasteiger partial charge in [0.1, 0.15) is 23.4 Å². The fourth-order valence-electron chi connectivity index (χ4n) is 1.55. The maximum Gasteiger partial charge on any atom is 0.319 e. The van der Waals surface area contributed by atoms with Gasteiger partial charge in [-0.1, -0.05) is 12.1 Å². The first kappa shape index (κ1) is 14.4. The molecule has 2 amide bonds. The van der Waals surface area contributed by atoms with Gasteiger partial charge in [-0.05, 0) is 23.6 Å². The molecule has 0 aliphatic rings. The number of aliphatic hydroxyl groups is 1. The summed E-state index contributed by atoms with van der Waals surface area (Å²) in [6.45, 7) is -0.0532. The largest absolute Gasteiger partial charge is 0.386 e. The van der Waals surface area contributed by atoms with E-state index in [2.05, 4.69) is 10.6 Å². The number of nitrogens with one attached hydrogen (secondary N) is 2. The number of para-hydroxylation sites is 1. The second-order valence-electron chi connectivity index (χ2n) is 3.96. The molecule has 0 spiro atoms. The van der Waals surface area contributed by atoms with Crippen molar-refractivity contribution in [1.29, 1.82) is 0 Å². The summed E-state index contributed by atoms with van der Waals surface area (Å²) in [7, 11) is 0. The average Bonchev–Trinajstić information content (AvgIpc) is 2.94. The van der Waals surface area contributed by atoms with Crippen LogP contribution < -0.4 is 10.6 Å². The van der Waals surface area contributed by atoms with Gasteiger partial charge in [-0.25, -0.2) is 13.6 Å². The summed E-state index contributed by atoms with van der Waals surface area (Å²) in [5, 5.41) is 16.0. The van der Waals surface area contributed by atoms with Crippen molar-refractivity contribution in [3.63, 3.8) is 0 Å². The van der Waals surface area contributed by atoms with Crippen LogP contribution in [0.4, 0.5) is 19.3 Å². The molecule has 0 aliphatic heterocycles. The molecular weight excluding hydrogens is 286 g/mol. The van der Waals surface area contributed by atoms with Crippen LogP contribution in [0.25, 0.3) is 0 Å². The van der Waals surface area contributed by atoms with E-state index < -0.39 is 29.5 Å². The van der Waals surface area contributed by atoms with Crippen LogP contribution in [-0.2, 0) is 0 Å².